The minimum atomic E-state index is -0.548. The summed E-state index contributed by atoms with van der Waals surface area (Å²) >= 11 is 5.81. The maximum Gasteiger partial charge on any atom is 0.239 e. The summed E-state index contributed by atoms with van der Waals surface area (Å²) in [5.74, 6) is 0.220. The van der Waals surface area contributed by atoms with Crippen LogP contribution in [0.1, 0.15) is 24.4 Å². The maximum atomic E-state index is 11.4. The van der Waals surface area contributed by atoms with E-state index in [2.05, 4.69) is 5.32 Å². The van der Waals surface area contributed by atoms with Gasteiger partial charge in [0.1, 0.15) is 11.8 Å². The van der Waals surface area contributed by atoms with Crippen molar-refractivity contribution in [1.29, 1.82) is 0 Å². The highest BCUT2D eigenvalue weighted by atomic mass is 35.5. The lowest BCUT2D eigenvalue weighted by Gasteiger charge is -2.16. The number of primary amides is 1. The second-order valence-electron chi connectivity index (χ2n) is 4.40. The Labute approximate surface area is 105 Å². The number of halogens is 1. The van der Waals surface area contributed by atoms with E-state index in [0.29, 0.717) is 11.5 Å². The first-order chi connectivity index (χ1) is 8.08. The molecular formula is C12H15ClN2O2. The van der Waals surface area contributed by atoms with Crippen LogP contribution in [0.25, 0.3) is 0 Å². The van der Waals surface area contributed by atoms with Gasteiger partial charge >= 0.3 is 0 Å². The van der Waals surface area contributed by atoms with Gasteiger partial charge in [0, 0.05) is 0 Å². The minimum absolute atomic E-state index is 0.000769. The van der Waals surface area contributed by atoms with Gasteiger partial charge in [0.25, 0.3) is 0 Å². The van der Waals surface area contributed by atoms with Crippen LogP contribution < -0.4 is 11.1 Å². The standard InChI is InChI=1S/C12H15ClN2O2/c13-9-5-8(3-4-10(9)16)11(12(14)17)15-6-7-1-2-7/h3-5,7,11,15-16H,1-2,6H2,(H2,14,17). The van der Waals surface area contributed by atoms with Crippen molar-refractivity contribution in [2.75, 3.05) is 6.54 Å². The predicted octanol–water partition coefficient (Wildman–Crippen LogP) is 1.57. The van der Waals surface area contributed by atoms with E-state index in [4.69, 9.17) is 17.3 Å². The van der Waals surface area contributed by atoms with Gasteiger partial charge in [-0.3, -0.25) is 4.79 Å². The molecule has 0 radical (unpaired) electrons. The zero-order valence-corrected chi connectivity index (χ0v) is 10.1. The number of amides is 1. The summed E-state index contributed by atoms with van der Waals surface area (Å²) in [6.45, 7) is 0.784. The van der Waals surface area contributed by atoms with E-state index in [0.717, 1.165) is 6.54 Å². The van der Waals surface area contributed by atoms with Crippen LogP contribution in [0.15, 0.2) is 18.2 Å². The van der Waals surface area contributed by atoms with E-state index < -0.39 is 11.9 Å². The zero-order valence-electron chi connectivity index (χ0n) is 9.32. The SMILES string of the molecule is NC(=O)C(NCC1CC1)c1ccc(O)c(Cl)c1. The first kappa shape index (κ1) is 12.2. The van der Waals surface area contributed by atoms with Gasteiger partial charge in [-0.25, -0.2) is 0 Å². The number of hydrogen-bond donors (Lipinski definition) is 3. The first-order valence-electron chi connectivity index (χ1n) is 5.59. The summed E-state index contributed by atoms with van der Waals surface area (Å²) in [6, 6.07) is 4.13. The lowest BCUT2D eigenvalue weighted by molar-refractivity contribution is -0.120. The first-order valence-corrected chi connectivity index (χ1v) is 5.97. The molecule has 1 aromatic carbocycles. The average molecular weight is 255 g/mol. The van der Waals surface area contributed by atoms with Crippen LogP contribution in [-0.4, -0.2) is 17.6 Å². The van der Waals surface area contributed by atoms with E-state index in [1.165, 1.54) is 18.9 Å². The molecule has 92 valence electrons. The fraction of sp³-hybridized carbons (Fsp3) is 0.417. The summed E-state index contributed by atoms with van der Waals surface area (Å²) in [4.78, 5) is 11.4. The molecule has 4 N–H and O–H groups in total. The zero-order chi connectivity index (χ0) is 12.4. The van der Waals surface area contributed by atoms with Crippen LogP contribution in [-0.2, 0) is 4.79 Å². The van der Waals surface area contributed by atoms with Crippen molar-refractivity contribution in [3.8, 4) is 5.75 Å². The van der Waals surface area contributed by atoms with Gasteiger partial charge < -0.3 is 16.2 Å². The monoisotopic (exact) mass is 254 g/mol. The van der Waals surface area contributed by atoms with Gasteiger partial charge in [-0.15, -0.1) is 0 Å². The summed E-state index contributed by atoms with van der Waals surface area (Å²) < 4.78 is 0. The highest BCUT2D eigenvalue weighted by Gasteiger charge is 2.25. The van der Waals surface area contributed by atoms with Gasteiger partial charge in [0.05, 0.1) is 5.02 Å². The van der Waals surface area contributed by atoms with Crippen LogP contribution in [0, 0.1) is 5.92 Å². The molecule has 1 atom stereocenters. The quantitative estimate of drug-likeness (QED) is 0.747. The molecule has 0 aliphatic heterocycles. The van der Waals surface area contributed by atoms with Crippen molar-refractivity contribution in [2.45, 2.75) is 18.9 Å². The molecule has 1 aliphatic carbocycles. The Morgan fingerprint density at radius 1 is 1.59 bits per heavy atom. The van der Waals surface area contributed by atoms with E-state index in [1.807, 2.05) is 0 Å². The molecule has 1 saturated carbocycles. The third-order valence-corrected chi connectivity index (χ3v) is 3.20. The number of carbonyl (C=O) groups is 1. The van der Waals surface area contributed by atoms with Crippen LogP contribution in [0.3, 0.4) is 0 Å². The van der Waals surface area contributed by atoms with Crippen molar-refractivity contribution in [2.24, 2.45) is 11.7 Å². The molecule has 0 aromatic heterocycles. The fourth-order valence-corrected chi connectivity index (χ4v) is 1.88. The number of hydrogen-bond acceptors (Lipinski definition) is 3. The summed E-state index contributed by atoms with van der Waals surface area (Å²) in [5.41, 5.74) is 6.04. The second-order valence-corrected chi connectivity index (χ2v) is 4.81. The van der Waals surface area contributed by atoms with Crippen molar-refractivity contribution in [3.05, 3.63) is 28.8 Å². The molecule has 4 nitrogen and oxygen atoms in total. The Morgan fingerprint density at radius 2 is 2.29 bits per heavy atom. The fourth-order valence-electron chi connectivity index (χ4n) is 1.69. The number of carbonyl (C=O) groups excluding carboxylic acids is 1. The van der Waals surface area contributed by atoms with E-state index in [1.54, 1.807) is 12.1 Å². The van der Waals surface area contributed by atoms with Crippen molar-refractivity contribution >= 4 is 17.5 Å². The molecule has 1 aliphatic rings. The number of phenols is 1. The predicted molar refractivity (Wildman–Crippen MR) is 65.8 cm³/mol. The minimum Gasteiger partial charge on any atom is -0.506 e. The summed E-state index contributed by atoms with van der Waals surface area (Å²) in [5, 5.41) is 12.7. The highest BCUT2D eigenvalue weighted by Crippen LogP contribution is 2.30. The van der Waals surface area contributed by atoms with Crippen molar-refractivity contribution in [1.82, 2.24) is 5.32 Å². The molecule has 2 rings (SSSR count). The molecule has 1 unspecified atom stereocenters. The van der Waals surface area contributed by atoms with Crippen LogP contribution in [0.2, 0.25) is 5.02 Å². The van der Waals surface area contributed by atoms with E-state index in [-0.39, 0.29) is 10.8 Å². The highest BCUT2D eigenvalue weighted by molar-refractivity contribution is 6.32. The van der Waals surface area contributed by atoms with Crippen LogP contribution in [0.5, 0.6) is 5.75 Å². The Balaban J connectivity index is 2.12. The summed E-state index contributed by atoms with van der Waals surface area (Å²) in [7, 11) is 0. The van der Waals surface area contributed by atoms with Gasteiger partial charge in [0.15, 0.2) is 0 Å². The molecule has 0 heterocycles. The molecule has 1 fully saturated rings. The smallest absolute Gasteiger partial charge is 0.239 e. The van der Waals surface area contributed by atoms with E-state index in [9.17, 15) is 9.90 Å². The molecule has 5 heteroatoms. The molecular weight excluding hydrogens is 240 g/mol. The number of aromatic hydroxyl groups is 1. The largest absolute Gasteiger partial charge is 0.506 e. The van der Waals surface area contributed by atoms with Gasteiger partial charge in [-0.05, 0) is 43.0 Å². The van der Waals surface area contributed by atoms with Crippen LogP contribution in [0.4, 0.5) is 0 Å². The topological polar surface area (TPSA) is 75.4 Å². The Kier molecular flexibility index (Phi) is 3.54. The third kappa shape index (κ3) is 3.11. The van der Waals surface area contributed by atoms with Crippen molar-refractivity contribution in [3.63, 3.8) is 0 Å². The third-order valence-electron chi connectivity index (χ3n) is 2.90. The van der Waals surface area contributed by atoms with E-state index >= 15 is 0 Å². The second kappa shape index (κ2) is 4.94. The lowest BCUT2D eigenvalue weighted by Crippen LogP contribution is -2.34. The number of benzene rings is 1. The lowest BCUT2D eigenvalue weighted by atomic mass is 10.1. The molecule has 1 amide bonds. The normalized spacial score (nSPS) is 16.8. The Hall–Kier alpha value is -1.26. The number of phenolic OH excluding ortho intramolecular Hbond substituents is 1. The van der Waals surface area contributed by atoms with Crippen LogP contribution >= 0.6 is 11.6 Å². The average Bonchev–Trinajstić information content (AvgIpc) is 3.07. The number of nitrogens with one attached hydrogen (secondary N) is 1. The van der Waals surface area contributed by atoms with Gasteiger partial charge in [0.2, 0.25) is 5.91 Å². The summed E-state index contributed by atoms with van der Waals surface area (Å²) in [6.07, 6.45) is 2.41. The molecule has 0 bridgehead atoms. The number of rotatable bonds is 5. The molecule has 0 spiro atoms. The van der Waals surface area contributed by atoms with Crippen molar-refractivity contribution < 1.29 is 9.90 Å². The van der Waals surface area contributed by atoms with Gasteiger partial charge in [-0.2, -0.15) is 0 Å². The molecule has 0 saturated heterocycles. The van der Waals surface area contributed by atoms with Gasteiger partial charge in [-0.1, -0.05) is 17.7 Å². The Bertz CT molecular complexity index is 433. The molecule has 1 aromatic rings. The molecule has 17 heavy (non-hydrogen) atoms. The number of nitrogens with two attached hydrogens (primary N) is 1. The maximum absolute atomic E-state index is 11.4. The Morgan fingerprint density at radius 3 is 2.82 bits per heavy atom.